The lowest BCUT2D eigenvalue weighted by atomic mass is 10.2. The lowest BCUT2D eigenvalue weighted by Crippen LogP contribution is -2.24. The molecule has 1 rings (SSSR count). The van der Waals surface area contributed by atoms with Crippen molar-refractivity contribution in [3.8, 4) is 5.75 Å². The summed E-state index contributed by atoms with van der Waals surface area (Å²) in [7, 11) is 0. The Balaban J connectivity index is 2.20. The third-order valence-electron chi connectivity index (χ3n) is 2.96. The van der Waals surface area contributed by atoms with Gasteiger partial charge in [0.2, 0.25) is 0 Å². The number of aryl methyl sites for hydroxylation is 1. The maximum absolute atomic E-state index is 11.6. The lowest BCUT2D eigenvalue weighted by molar-refractivity contribution is -0.123. The van der Waals surface area contributed by atoms with Crippen LogP contribution in [0.5, 0.6) is 5.75 Å². The molecule has 21 heavy (non-hydrogen) atoms. The van der Waals surface area contributed by atoms with E-state index in [2.05, 4.69) is 17.5 Å². The molecular formula is C16H23ClN2O2. The Kier molecular flexibility index (Phi) is 8.51. The van der Waals surface area contributed by atoms with E-state index in [-0.39, 0.29) is 12.5 Å². The molecule has 1 aromatic rings. The lowest BCUT2D eigenvalue weighted by Gasteiger charge is -2.08. The largest absolute Gasteiger partial charge is 0.483 e. The number of nitrogens with zero attached hydrogens (tertiary/aromatic N) is 1. The first kappa shape index (κ1) is 17.5. The van der Waals surface area contributed by atoms with Gasteiger partial charge in [-0.3, -0.25) is 4.79 Å². The Hall–Kier alpha value is -1.55. The standard InChI is InChI=1S/C16H23ClN2O2/c1-3-4-5-6-7-10-18-19-16(20)12-21-15-9-8-14(17)11-13(15)2/h8-11H,3-7,12H2,1-2H3,(H,19,20)/b18-10+. The minimum atomic E-state index is -0.269. The van der Waals surface area contributed by atoms with Crippen LogP contribution in [0.2, 0.25) is 5.02 Å². The maximum Gasteiger partial charge on any atom is 0.277 e. The quantitative estimate of drug-likeness (QED) is 0.424. The van der Waals surface area contributed by atoms with Crippen LogP contribution in [-0.4, -0.2) is 18.7 Å². The highest BCUT2D eigenvalue weighted by atomic mass is 35.5. The predicted molar refractivity (Wildman–Crippen MR) is 87.1 cm³/mol. The van der Waals surface area contributed by atoms with E-state index >= 15 is 0 Å². The Morgan fingerprint density at radius 1 is 1.38 bits per heavy atom. The van der Waals surface area contributed by atoms with Crippen molar-refractivity contribution in [2.24, 2.45) is 5.10 Å². The summed E-state index contributed by atoms with van der Waals surface area (Å²) in [5.74, 6) is 0.382. The molecule has 4 nitrogen and oxygen atoms in total. The van der Waals surface area contributed by atoms with Gasteiger partial charge in [0, 0.05) is 11.2 Å². The molecule has 0 saturated heterocycles. The summed E-state index contributed by atoms with van der Waals surface area (Å²) in [4.78, 5) is 11.6. The van der Waals surface area contributed by atoms with Gasteiger partial charge in [-0.25, -0.2) is 5.43 Å². The average molecular weight is 311 g/mol. The zero-order chi connectivity index (χ0) is 15.5. The Morgan fingerprint density at radius 2 is 2.19 bits per heavy atom. The van der Waals surface area contributed by atoms with Crippen molar-refractivity contribution >= 4 is 23.7 Å². The molecule has 0 aromatic heterocycles. The first-order valence-electron chi connectivity index (χ1n) is 7.32. The van der Waals surface area contributed by atoms with E-state index in [1.54, 1.807) is 24.4 Å². The third-order valence-corrected chi connectivity index (χ3v) is 3.20. The van der Waals surface area contributed by atoms with Gasteiger partial charge in [-0.15, -0.1) is 0 Å². The number of amides is 1. The molecule has 1 N–H and O–H groups in total. The van der Waals surface area contributed by atoms with E-state index in [4.69, 9.17) is 16.3 Å². The molecule has 116 valence electrons. The number of carbonyl (C=O) groups excluding carboxylic acids is 1. The summed E-state index contributed by atoms with van der Waals surface area (Å²) in [6, 6.07) is 5.28. The van der Waals surface area contributed by atoms with Crippen molar-refractivity contribution in [3.63, 3.8) is 0 Å². The monoisotopic (exact) mass is 310 g/mol. The minimum absolute atomic E-state index is 0.0599. The SMILES string of the molecule is CCCCCC/C=N/NC(=O)COc1ccc(Cl)cc1C. The van der Waals surface area contributed by atoms with Gasteiger partial charge < -0.3 is 4.74 Å². The van der Waals surface area contributed by atoms with E-state index in [1.807, 2.05) is 6.92 Å². The Labute approximate surface area is 131 Å². The van der Waals surface area contributed by atoms with Crippen molar-refractivity contribution in [1.29, 1.82) is 0 Å². The molecule has 5 heteroatoms. The second-order valence-corrected chi connectivity index (χ2v) is 5.33. The van der Waals surface area contributed by atoms with Gasteiger partial charge in [0.05, 0.1) is 0 Å². The molecule has 0 unspecified atom stereocenters. The molecule has 0 spiro atoms. The molecule has 1 aromatic carbocycles. The molecule has 0 aliphatic heterocycles. The minimum Gasteiger partial charge on any atom is -0.483 e. The van der Waals surface area contributed by atoms with Crippen LogP contribution in [0, 0.1) is 6.92 Å². The van der Waals surface area contributed by atoms with Crippen LogP contribution >= 0.6 is 11.6 Å². The Bertz CT molecular complexity index is 475. The highest BCUT2D eigenvalue weighted by Crippen LogP contribution is 2.21. The van der Waals surface area contributed by atoms with Crippen molar-refractivity contribution < 1.29 is 9.53 Å². The van der Waals surface area contributed by atoms with Gasteiger partial charge in [-0.05, 0) is 43.5 Å². The molecule has 0 heterocycles. The van der Waals surface area contributed by atoms with Crippen LogP contribution in [0.1, 0.15) is 44.6 Å². The van der Waals surface area contributed by atoms with Gasteiger partial charge in [-0.1, -0.05) is 37.8 Å². The molecule has 0 aliphatic carbocycles. The van der Waals surface area contributed by atoms with Gasteiger partial charge in [-0.2, -0.15) is 5.10 Å². The number of hydrazone groups is 1. The summed E-state index contributed by atoms with van der Waals surface area (Å²) >= 11 is 5.86. The molecule has 0 saturated carbocycles. The molecule has 0 atom stereocenters. The number of carbonyl (C=O) groups is 1. The number of hydrogen-bond acceptors (Lipinski definition) is 3. The number of rotatable bonds is 9. The van der Waals surface area contributed by atoms with Crippen LogP contribution in [0.4, 0.5) is 0 Å². The molecule has 0 fully saturated rings. The fourth-order valence-corrected chi connectivity index (χ4v) is 2.02. The summed E-state index contributed by atoms with van der Waals surface area (Å²) < 4.78 is 5.42. The zero-order valence-electron chi connectivity index (χ0n) is 12.7. The zero-order valence-corrected chi connectivity index (χ0v) is 13.4. The predicted octanol–water partition coefficient (Wildman–Crippen LogP) is 4.10. The smallest absolute Gasteiger partial charge is 0.277 e. The van der Waals surface area contributed by atoms with Gasteiger partial charge >= 0.3 is 0 Å². The summed E-state index contributed by atoms with van der Waals surface area (Å²) in [6.45, 7) is 4.00. The van der Waals surface area contributed by atoms with E-state index in [1.165, 1.54) is 19.3 Å². The van der Waals surface area contributed by atoms with Crippen LogP contribution in [0.3, 0.4) is 0 Å². The van der Waals surface area contributed by atoms with Crippen molar-refractivity contribution in [3.05, 3.63) is 28.8 Å². The van der Waals surface area contributed by atoms with Crippen molar-refractivity contribution in [2.75, 3.05) is 6.61 Å². The van der Waals surface area contributed by atoms with Crippen LogP contribution in [-0.2, 0) is 4.79 Å². The van der Waals surface area contributed by atoms with E-state index < -0.39 is 0 Å². The van der Waals surface area contributed by atoms with Gasteiger partial charge in [0.1, 0.15) is 5.75 Å². The van der Waals surface area contributed by atoms with E-state index in [0.29, 0.717) is 10.8 Å². The normalized spacial score (nSPS) is 10.8. The summed E-state index contributed by atoms with van der Waals surface area (Å²) in [6.07, 6.45) is 7.39. The number of benzene rings is 1. The van der Waals surface area contributed by atoms with E-state index in [9.17, 15) is 4.79 Å². The van der Waals surface area contributed by atoms with Crippen molar-refractivity contribution in [2.45, 2.75) is 46.0 Å². The van der Waals surface area contributed by atoms with Crippen LogP contribution in [0.15, 0.2) is 23.3 Å². The second-order valence-electron chi connectivity index (χ2n) is 4.89. The van der Waals surface area contributed by atoms with Gasteiger partial charge in [0.15, 0.2) is 6.61 Å². The second kappa shape index (κ2) is 10.2. The maximum atomic E-state index is 11.6. The number of nitrogens with one attached hydrogen (secondary N) is 1. The number of ether oxygens (including phenoxy) is 1. The number of hydrogen-bond donors (Lipinski definition) is 1. The highest BCUT2D eigenvalue weighted by molar-refractivity contribution is 6.30. The fourth-order valence-electron chi connectivity index (χ4n) is 1.79. The first-order valence-corrected chi connectivity index (χ1v) is 7.70. The molecular weight excluding hydrogens is 288 g/mol. The molecule has 0 radical (unpaired) electrons. The average Bonchev–Trinajstić information content (AvgIpc) is 2.45. The summed E-state index contributed by atoms with van der Waals surface area (Å²) in [5, 5.41) is 4.54. The highest BCUT2D eigenvalue weighted by Gasteiger charge is 2.04. The topological polar surface area (TPSA) is 50.7 Å². The van der Waals surface area contributed by atoms with E-state index in [0.717, 1.165) is 18.4 Å². The first-order chi connectivity index (χ1) is 10.1. The van der Waals surface area contributed by atoms with Crippen molar-refractivity contribution in [1.82, 2.24) is 5.43 Å². The molecule has 0 aliphatic rings. The van der Waals surface area contributed by atoms with Crippen LogP contribution < -0.4 is 10.2 Å². The fraction of sp³-hybridized carbons (Fsp3) is 0.500. The van der Waals surface area contributed by atoms with Gasteiger partial charge in [0.25, 0.3) is 5.91 Å². The molecule has 1 amide bonds. The summed E-state index contributed by atoms with van der Waals surface area (Å²) in [5.41, 5.74) is 3.35. The third kappa shape index (κ3) is 7.71. The number of unbranched alkanes of at least 4 members (excludes halogenated alkanes) is 4. The molecule has 0 bridgehead atoms. The van der Waals surface area contributed by atoms with Crippen LogP contribution in [0.25, 0.3) is 0 Å². The Morgan fingerprint density at radius 3 is 2.90 bits per heavy atom. The number of halogens is 1.